The molecule has 1 N–H and O–H groups in total. The minimum Gasteiger partial charge on any atom is -0.497 e. The molecule has 0 aliphatic heterocycles. The summed E-state index contributed by atoms with van der Waals surface area (Å²) in [6.07, 6.45) is 0. The maximum Gasteiger partial charge on any atom is 0.251 e. The molecule has 1 amide bonds. The van der Waals surface area contributed by atoms with Crippen molar-refractivity contribution in [3.05, 3.63) is 58.7 Å². The highest BCUT2D eigenvalue weighted by molar-refractivity contribution is 5.94. The van der Waals surface area contributed by atoms with Gasteiger partial charge in [-0.15, -0.1) is 0 Å². The number of hydrogen-bond acceptors (Lipinski definition) is 3. The lowest BCUT2D eigenvalue weighted by atomic mass is 9.93. The first kappa shape index (κ1) is 18.8. The Balaban J connectivity index is 2.23. The molecule has 0 heterocycles. The fourth-order valence-corrected chi connectivity index (χ4v) is 2.91. The van der Waals surface area contributed by atoms with Gasteiger partial charge < -0.3 is 14.8 Å². The number of rotatable bonds is 6. The van der Waals surface area contributed by atoms with Gasteiger partial charge in [0.05, 0.1) is 20.3 Å². The smallest absolute Gasteiger partial charge is 0.251 e. The third-order valence-corrected chi connectivity index (χ3v) is 4.41. The van der Waals surface area contributed by atoms with Crippen LogP contribution in [0, 0.1) is 6.92 Å². The van der Waals surface area contributed by atoms with Crippen LogP contribution >= 0.6 is 0 Å². The summed E-state index contributed by atoms with van der Waals surface area (Å²) in [5, 5.41) is 3.07. The van der Waals surface area contributed by atoms with Crippen molar-refractivity contribution in [1.29, 1.82) is 0 Å². The third-order valence-electron chi connectivity index (χ3n) is 4.41. The largest absolute Gasteiger partial charge is 0.497 e. The minimum absolute atomic E-state index is 0.0991. The SMILES string of the molecule is COc1ccc(C(=O)N[C@H](C)c2cc(C(C)C)c(OC)cc2C)cc1. The molecule has 134 valence electrons. The number of methoxy groups -OCH3 is 2. The Hall–Kier alpha value is -2.49. The summed E-state index contributed by atoms with van der Waals surface area (Å²) in [6, 6.07) is 11.2. The molecular weight excluding hydrogens is 314 g/mol. The van der Waals surface area contributed by atoms with Crippen molar-refractivity contribution in [2.75, 3.05) is 14.2 Å². The van der Waals surface area contributed by atoms with Crippen molar-refractivity contribution in [2.45, 2.75) is 39.7 Å². The van der Waals surface area contributed by atoms with Crippen LogP contribution < -0.4 is 14.8 Å². The molecule has 2 aromatic rings. The van der Waals surface area contributed by atoms with Gasteiger partial charge in [0, 0.05) is 5.56 Å². The Labute approximate surface area is 150 Å². The van der Waals surface area contributed by atoms with Crippen LogP contribution in [-0.4, -0.2) is 20.1 Å². The third kappa shape index (κ3) is 4.32. The second-order valence-electron chi connectivity index (χ2n) is 6.53. The molecule has 0 bridgehead atoms. The number of amides is 1. The molecule has 0 aliphatic rings. The van der Waals surface area contributed by atoms with Crippen molar-refractivity contribution in [3.8, 4) is 11.5 Å². The lowest BCUT2D eigenvalue weighted by Gasteiger charge is -2.21. The number of benzene rings is 2. The number of aryl methyl sites for hydroxylation is 1. The fourth-order valence-electron chi connectivity index (χ4n) is 2.91. The molecule has 0 radical (unpaired) electrons. The molecule has 2 aromatic carbocycles. The highest BCUT2D eigenvalue weighted by atomic mass is 16.5. The lowest BCUT2D eigenvalue weighted by Crippen LogP contribution is -2.27. The van der Waals surface area contributed by atoms with Gasteiger partial charge in [-0.1, -0.05) is 13.8 Å². The van der Waals surface area contributed by atoms with E-state index in [1.165, 1.54) is 0 Å². The lowest BCUT2D eigenvalue weighted by molar-refractivity contribution is 0.0940. The molecule has 25 heavy (non-hydrogen) atoms. The summed E-state index contributed by atoms with van der Waals surface area (Å²) >= 11 is 0. The van der Waals surface area contributed by atoms with Gasteiger partial charge in [-0.3, -0.25) is 4.79 Å². The van der Waals surface area contributed by atoms with E-state index in [1.54, 1.807) is 38.5 Å². The van der Waals surface area contributed by atoms with E-state index in [4.69, 9.17) is 9.47 Å². The van der Waals surface area contributed by atoms with E-state index in [0.717, 1.165) is 28.2 Å². The zero-order valence-electron chi connectivity index (χ0n) is 15.8. The summed E-state index contributed by atoms with van der Waals surface area (Å²) in [7, 11) is 3.30. The predicted octanol–water partition coefficient (Wildman–Crippen LogP) is 4.63. The summed E-state index contributed by atoms with van der Waals surface area (Å²) in [5.74, 6) is 1.87. The van der Waals surface area contributed by atoms with Gasteiger partial charge >= 0.3 is 0 Å². The average molecular weight is 341 g/mol. The second-order valence-corrected chi connectivity index (χ2v) is 6.53. The predicted molar refractivity (Wildman–Crippen MR) is 101 cm³/mol. The van der Waals surface area contributed by atoms with E-state index in [-0.39, 0.29) is 11.9 Å². The molecule has 0 unspecified atom stereocenters. The quantitative estimate of drug-likeness (QED) is 0.833. The van der Waals surface area contributed by atoms with Crippen molar-refractivity contribution in [1.82, 2.24) is 5.32 Å². The molecule has 0 fully saturated rings. The van der Waals surface area contributed by atoms with E-state index in [9.17, 15) is 4.79 Å². The van der Waals surface area contributed by atoms with Gasteiger partial charge in [-0.2, -0.15) is 0 Å². The van der Waals surface area contributed by atoms with Crippen LogP contribution in [0.5, 0.6) is 11.5 Å². The molecule has 0 spiro atoms. The molecule has 0 aliphatic carbocycles. The fraction of sp³-hybridized carbons (Fsp3) is 0.381. The maximum absolute atomic E-state index is 12.5. The molecule has 4 heteroatoms. The normalized spacial score (nSPS) is 12.0. The first-order valence-electron chi connectivity index (χ1n) is 8.50. The Morgan fingerprint density at radius 2 is 1.60 bits per heavy atom. The average Bonchev–Trinajstić information content (AvgIpc) is 2.60. The highest BCUT2D eigenvalue weighted by Gasteiger charge is 2.17. The zero-order chi connectivity index (χ0) is 18.6. The minimum atomic E-state index is -0.100. The van der Waals surface area contributed by atoms with Gasteiger partial charge in [-0.25, -0.2) is 0 Å². The van der Waals surface area contributed by atoms with E-state index >= 15 is 0 Å². The Bertz CT molecular complexity index is 736. The topological polar surface area (TPSA) is 47.6 Å². The monoisotopic (exact) mass is 341 g/mol. The van der Waals surface area contributed by atoms with Crippen LogP contribution in [0.3, 0.4) is 0 Å². The summed E-state index contributed by atoms with van der Waals surface area (Å²) in [4.78, 5) is 12.5. The molecule has 2 rings (SSSR count). The Morgan fingerprint density at radius 1 is 0.960 bits per heavy atom. The highest BCUT2D eigenvalue weighted by Crippen LogP contribution is 2.32. The molecular formula is C21H27NO3. The van der Waals surface area contributed by atoms with E-state index in [2.05, 4.69) is 25.2 Å². The van der Waals surface area contributed by atoms with Crippen molar-refractivity contribution >= 4 is 5.91 Å². The van der Waals surface area contributed by atoms with Gasteiger partial charge in [0.2, 0.25) is 0 Å². The van der Waals surface area contributed by atoms with Crippen molar-refractivity contribution < 1.29 is 14.3 Å². The molecule has 4 nitrogen and oxygen atoms in total. The van der Waals surface area contributed by atoms with Crippen LogP contribution in [0.15, 0.2) is 36.4 Å². The van der Waals surface area contributed by atoms with Gasteiger partial charge in [0.25, 0.3) is 5.91 Å². The van der Waals surface area contributed by atoms with Crippen molar-refractivity contribution in [2.24, 2.45) is 0 Å². The summed E-state index contributed by atoms with van der Waals surface area (Å²) in [5.41, 5.74) is 3.96. The zero-order valence-corrected chi connectivity index (χ0v) is 15.8. The van der Waals surface area contributed by atoms with Crippen LogP contribution in [0.1, 0.15) is 59.8 Å². The maximum atomic E-state index is 12.5. The van der Waals surface area contributed by atoms with Crippen LogP contribution in [-0.2, 0) is 0 Å². The molecule has 0 saturated heterocycles. The van der Waals surface area contributed by atoms with Crippen LogP contribution in [0.25, 0.3) is 0 Å². The second kappa shape index (κ2) is 8.06. The molecule has 0 aromatic heterocycles. The Kier molecular flexibility index (Phi) is 6.07. The number of ether oxygens (including phenoxy) is 2. The first-order valence-corrected chi connectivity index (χ1v) is 8.50. The number of carbonyl (C=O) groups excluding carboxylic acids is 1. The standard InChI is InChI=1S/C21H27NO3/c1-13(2)18-12-19(14(3)11-20(18)25-6)15(4)22-21(23)16-7-9-17(24-5)10-8-16/h7-13,15H,1-6H3,(H,22,23)/t15-/m1/s1. The van der Waals surface area contributed by atoms with Gasteiger partial charge in [-0.05, 0) is 72.9 Å². The van der Waals surface area contributed by atoms with Gasteiger partial charge in [0.1, 0.15) is 11.5 Å². The first-order chi connectivity index (χ1) is 11.9. The number of hydrogen-bond donors (Lipinski definition) is 1. The molecule has 0 saturated carbocycles. The van der Waals surface area contributed by atoms with E-state index < -0.39 is 0 Å². The number of carbonyl (C=O) groups is 1. The van der Waals surface area contributed by atoms with Crippen molar-refractivity contribution in [3.63, 3.8) is 0 Å². The number of nitrogens with one attached hydrogen (secondary N) is 1. The summed E-state index contributed by atoms with van der Waals surface area (Å²) < 4.78 is 10.6. The van der Waals surface area contributed by atoms with Crippen LogP contribution in [0.4, 0.5) is 0 Å². The Morgan fingerprint density at radius 3 is 2.12 bits per heavy atom. The van der Waals surface area contributed by atoms with Gasteiger partial charge in [0.15, 0.2) is 0 Å². The van der Waals surface area contributed by atoms with E-state index in [0.29, 0.717) is 11.5 Å². The van der Waals surface area contributed by atoms with E-state index in [1.807, 2.05) is 19.9 Å². The van der Waals surface area contributed by atoms with Crippen LogP contribution in [0.2, 0.25) is 0 Å². The molecule has 1 atom stereocenters. The summed E-state index contributed by atoms with van der Waals surface area (Å²) in [6.45, 7) is 8.31.